The number of ether oxygens (including phenoxy) is 1. The molecule has 3 heterocycles. The van der Waals surface area contributed by atoms with Crippen molar-refractivity contribution in [3.05, 3.63) is 36.0 Å². The Balaban J connectivity index is 1.94. The van der Waals surface area contributed by atoms with E-state index in [0.717, 1.165) is 30.0 Å². The molecule has 0 bridgehead atoms. The topological polar surface area (TPSA) is 78.3 Å². The number of fused-ring (bicyclic) bond motifs is 2. The second-order valence-corrected chi connectivity index (χ2v) is 4.43. The van der Waals surface area contributed by atoms with Crippen LogP contribution >= 0.6 is 0 Å². The van der Waals surface area contributed by atoms with Gasteiger partial charge in [0.15, 0.2) is 0 Å². The van der Waals surface area contributed by atoms with Crippen molar-refractivity contribution in [1.82, 2.24) is 19.6 Å². The summed E-state index contributed by atoms with van der Waals surface area (Å²) >= 11 is 0. The predicted octanol–water partition coefficient (Wildman–Crippen LogP) is 1.31. The van der Waals surface area contributed by atoms with Crippen LogP contribution in [0.25, 0.3) is 17.0 Å². The zero-order valence-corrected chi connectivity index (χ0v) is 10.1. The van der Waals surface area contributed by atoms with Crippen molar-refractivity contribution in [2.45, 2.75) is 6.42 Å². The zero-order valence-electron chi connectivity index (χ0n) is 10.1. The van der Waals surface area contributed by atoms with Crippen LogP contribution in [-0.4, -0.2) is 26.2 Å². The van der Waals surface area contributed by atoms with Gasteiger partial charge in [-0.2, -0.15) is 9.50 Å². The molecule has 2 N–H and O–H groups in total. The Labute approximate surface area is 108 Å². The molecule has 3 aromatic rings. The summed E-state index contributed by atoms with van der Waals surface area (Å²) < 4.78 is 7.17. The molecule has 1 aromatic carbocycles. The molecule has 0 aliphatic carbocycles. The van der Waals surface area contributed by atoms with Gasteiger partial charge in [0.2, 0.25) is 5.95 Å². The fourth-order valence-corrected chi connectivity index (χ4v) is 2.37. The first-order valence-electron chi connectivity index (χ1n) is 6.04. The van der Waals surface area contributed by atoms with Gasteiger partial charge < -0.3 is 10.5 Å². The monoisotopic (exact) mass is 253 g/mol. The average molecular weight is 253 g/mol. The third-order valence-corrected chi connectivity index (χ3v) is 3.24. The first-order chi connectivity index (χ1) is 9.31. The van der Waals surface area contributed by atoms with E-state index in [0.29, 0.717) is 5.78 Å². The third kappa shape index (κ3) is 1.53. The summed E-state index contributed by atoms with van der Waals surface area (Å²) in [6, 6.07) is 8.02. The molecule has 0 amide bonds. The van der Waals surface area contributed by atoms with Crippen molar-refractivity contribution in [2.24, 2.45) is 0 Å². The van der Waals surface area contributed by atoms with Crippen LogP contribution < -0.4 is 10.5 Å². The molecule has 6 nitrogen and oxygen atoms in total. The zero-order chi connectivity index (χ0) is 12.8. The minimum Gasteiger partial charge on any atom is -0.493 e. The Morgan fingerprint density at radius 1 is 1.26 bits per heavy atom. The highest BCUT2D eigenvalue weighted by atomic mass is 16.5. The number of anilines is 1. The maximum atomic E-state index is 5.62. The largest absolute Gasteiger partial charge is 0.493 e. The van der Waals surface area contributed by atoms with Crippen LogP contribution in [0.5, 0.6) is 5.75 Å². The number of rotatable bonds is 1. The molecule has 6 heteroatoms. The summed E-state index contributed by atoms with van der Waals surface area (Å²) in [4.78, 5) is 8.21. The second-order valence-electron chi connectivity index (χ2n) is 4.43. The molecule has 0 atom stereocenters. The standard InChI is InChI=1S/C13H11N5O/c14-12-16-13-15-5-3-10(18(13)17-12)8-1-2-11-9(7-8)4-6-19-11/h1-3,5,7H,4,6H2,(H2,14,17). The normalized spacial score (nSPS) is 13.5. The second kappa shape index (κ2) is 3.68. The van der Waals surface area contributed by atoms with Crippen LogP contribution in [-0.2, 0) is 6.42 Å². The lowest BCUT2D eigenvalue weighted by molar-refractivity contribution is 0.357. The Morgan fingerprint density at radius 3 is 3.16 bits per heavy atom. The minimum absolute atomic E-state index is 0.226. The van der Waals surface area contributed by atoms with Gasteiger partial charge in [0, 0.05) is 18.2 Å². The summed E-state index contributed by atoms with van der Waals surface area (Å²) in [5.41, 5.74) is 8.82. The van der Waals surface area contributed by atoms with E-state index in [1.54, 1.807) is 10.7 Å². The van der Waals surface area contributed by atoms with Crippen molar-refractivity contribution >= 4 is 11.7 Å². The van der Waals surface area contributed by atoms with Gasteiger partial charge in [0.1, 0.15) is 5.75 Å². The van der Waals surface area contributed by atoms with Crippen molar-refractivity contribution in [3.63, 3.8) is 0 Å². The van der Waals surface area contributed by atoms with Gasteiger partial charge in [0.05, 0.1) is 12.3 Å². The number of hydrogen-bond acceptors (Lipinski definition) is 5. The van der Waals surface area contributed by atoms with Gasteiger partial charge in [-0.3, -0.25) is 0 Å². The number of hydrogen-bond donors (Lipinski definition) is 1. The fraction of sp³-hybridized carbons (Fsp3) is 0.154. The van der Waals surface area contributed by atoms with E-state index in [-0.39, 0.29) is 5.95 Å². The van der Waals surface area contributed by atoms with E-state index in [1.165, 1.54) is 5.56 Å². The quantitative estimate of drug-likeness (QED) is 0.707. The van der Waals surface area contributed by atoms with Crippen molar-refractivity contribution < 1.29 is 4.74 Å². The average Bonchev–Trinajstić information content (AvgIpc) is 3.01. The molecular formula is C13H11N5O. The van der Waals surface area contributed by atoms with Crippen LogP contribution in [0.1, 0.15) is 5.56 Å². The maximum absolute atomic E-state index is 5.62. The van der Waals surface area contributed by atoms with Crippen LogP contribution in [0.15, 0.2) is 30.5 Å². The van der Waals surface area contributed by atoms with Gasteiger partial charge in [-0.05, 0) is 29.8 Å². The summed E-state index contributed by atoms with van der Waals surface area (Å²) in [5.74, 6) is 1.70. The van der Waals surface area contributed by atoms with Gasteiger partial charge in [-0.15, -0.1) is 5.10 Å². The molecule has 2 aromatic heterocycles. The van der Waals surface area contributed by atoms with Crippen LogP contribution in [0.2, 0.25) is 0 Å². The van der Waals surface area contributed by atoms with E-state index in [4.69, 9.17) is 10.5 Å². The lowest BCUT2D eigenvalue weighted by Crippen LogP contribution is -1.96. The summed E-state index contributed by atoms with van der Waals surface area (Å²) in [6.45, 7) is 0.751. The first-order valence-corrected chi connectivity index (χ1v) is 6.04. The molecule has 0 fully saturated rings. The third-order valence-electron chi connectivity index (χ3n) is 3.24. The first kappa shape index (κ1) is 10.3. The molecule has 0 radical (unpaired) electrons. The maximum Gasteiger partial charge on any atom is 0.254 e. The van der Waals surface area contributed by atoms with Crippen LogP contribution in [0.4, 0.5) is 5.95 Å². The highest BCUT2D eigenvalue weighted by Crippen LogP contribution is 2.30. The summed E-state index contributed by atoms with van der Waals surface area (Å²) in [7, 11) is 0. The lowest BCUT2D eigenvalue weighted by atomic mass is 10.1. The predicted molar refractivity (Wildman–Crippen MR) is 69.8 cm³/mol. The van der Waals surface area contributed by atoms with Gasteiger partial charge in [0.25, 0.3) is 5.78 Å². The van der Waals surface area contributed by atoms with Gasteiger partial charge in [-0.25, -0.2) is 4.98 Å². The number of aromatic nitrogens is 4. The molecule has 4 rings (SSSR count). The van der Waals surface area contributed by atoms with E-state index in [9.17, 15) is 0 Å². The number of benzene rings is 1. The molecule has 1 aliphatic heterocycles. The number of nitrogens with two attached hydrogens (primary N) is 1. The van der Waals surface area contributed by atoms with E-state index in [1.807, 2.05) is 18.2 Å². The van der Waals surface area contributed by atoms with Crippen molar-refractivity contribution in [3.8, 4) is 17.0 Å². The molecule has 1 aliphatic rings. The Bertz CT molecular complexity index is 780. The minimum atomic E-state index is 0.226. The van der Waals surface area contributed by atoms with Gasteiger partial charge in [-0.1, -0.05) is 0 Å². The fourth-order valence-electron chi connectivity index (χ4n) is 2.37. The number of nitrogen functional groups attached to an aromatic ring is 1. The van der Waals surface area contributed by atoms with Crippen molar-refractivity contribution in [1.29, 1.82) is 0 Å². The molecular weight excluding hydrogens is 242 g/mol. The molecule has 0 spiro atoms. The molecule has 0 unspecified atom stereocenters. The Kier molecular flexibility index (Phi) is 2.00. The summed E-state index contributed by atoms with van der Waals surface area (Å²) in [6.07, 6.45) is 2.65. The highest BCUT2D eigenvalue weighted by Gasteiger charge is 2.14. The van der Waals surface area contributed by atoms with Gasteiger partial charge >= 0.3 is 0 Å². The Hall–Kier alpha value is -2.63. The highest BCUT2D eigenvalue weighted by molar-refractivity contribution is 5.64. The van der Waals surface area contributed by atoms with E-state index < -0.39 is 0 Å². The molecule has 0 saturated heterocycles. The molecule has 94 valence electrons. The Morgan fingerprint density at radius 2 is 2.21 bits per heavy atom. The SMILES string of the molecule is Nc1nc2nccc(-c3ccc4c(c3)CCO4)n2n1. The number of nitrogens with zero attached hydrogens (tertiary/aromatic N) is 4. The van der Waals surface area contributed by atoms with Crippen LogP contribution in [0, 0.1) is 0 Å². The van der Waals surface area contributed by atoms with E-state index >= 15 is 0 Å². The summed E-state index contributed by atoms with van der Waals surface area (Å²) in [5, 5.41) is 4.17. The van der Waals surface area contributed by atoms with E-state index in [2.05, 4.69) is 21.1 Å². The molecule has 0 saturated carbocycles. The van der Waals surface area contributed by atoms with Crippen molar-refractivity contribution in [2.75, 3.05) is 12.3 Å². The van der Waals surface area contributed by atoms with Crippen LogP contribution in [0.3, 0.4) is 0 Å². The smallest absolute Gasteiger partial charge is 0.254 e. The molecule has 19 heavy (non-hydrogen) atoms. The lowest BCUT2D eigenvalue weighted by Gasteiger charge is -2.05.